The highest BCUT2D eigenvalue weighted by Crippen LogP contribution is 2.43. The number of aliphatic hydroxyl groups excluding tert-OH is 1. The molecule has 0 radical (unpaired) electrons. The summed E-state index contributed by atoms with van der Waals surface area (Å²) in [6, 6.07) is 7.01. The summed E-state index contributed by atoms with van der Waals surface area (Å²) in [7, 11) is 0. The molecule has 0 saturated carbocycles. The maximum atomic E-state index is 12.8. The molecular weight excluding hydrogens is 297 g/mol. The van der Waals surface area contributed by atoms with Gasteiger partial charge in [-0.05, 0) is 54.0 Å². The molecule has 0 aliphatic heterocycles. The minimum atomic E-state index is -4.38. The largest absolute Gasteiger partial charge is 0.416 e. The van der Waals surface area contributed by atoms with E-state index in [-0.39, 0.29) is 5.92 Å². The molecule has 3 rings (SSSR count). The van der Waals surface area contributed by atoms with Crippen LogP contribution < -0.4 is 0 Å². The molecular formula is C16H15F3OS. The third-order valence-electron chi connectivity index (χ3n) is 4.03. The van der Waals surface area contributed by atoms with E-state index < -0.39 is 17.8 Å². The molecule has 1 aromatic carbocycles. The number of thiophene rings is 1. The molecule has 5 heteroatoms. The average molecular weight is 312 g/mol. The lowest BCUT2D eigenvalue weighted by molar-refractivity contribution is -0.137. The predicted octanol–water partition coefficient (Wildman–Crippen LogP) is 4.92. The normalized spacial score (nSPS) is 20.1. The maximum absolute atomic E-state index is 12.8. The van der Waals surface area contributed by atoms with Crippen LogP contribution in [0.4, 0.5) is 13.2 Å². The van der Waals surface area contributed by atoms with Crippen LogP contribution in [0.2, 0.25) is 0 Å². The Bertz CT molecular complexity index is 632. The van der Waals surface area contributed by atoms with E-state index in [1.807, 2.05) is 11.4 Å². The fourth-order valence-electron chi connectivity index (χ4n) is 2.98. The molecule has 1 aromatic heterocycles. The van der Waals surface area contributed by atoms with Gasteiger partial charge in [0, 0.05) is 10.8 Å². The summed E-state index contributed by atoms with van der Waals surface area (Å²) >= 11 is 1.66. The van der Waals surface area contributed by atoms with Gasteiger partial charge >= 0.3 is 6.18 Å². The smallest absolute Gasteiger partial charge is 0.388 e. The molecule has 0 saturated heterocycles. The molecule has 2 atom stereocenters. The number of fused-ring (bicyclic) bond motifs is 1. The number of aryl methyl sites for hydroxylation is 1. The number of rotatable bonds is 2. The van der Waals surface area contributed by atoms with Crippen LogP contribution in [0, 0.1) is 0 Å². The average Bonchev–Trinajstić information content (AvgIpc) is 2.94. The highest BCUT2D eigenvalue weighted by atomic mass is 32.1. The molecule has 0 bridgehead atoms. The summed E-state index contributed by atoms with van der Waals surface area (Å²) in [6.07, 6.45) is -2.50. The Morgan fingerprint density at radius 3 is 2.81 bits per heavy atom. The van der Waals surface area contributed by atoms with Crippen molar-refractivity contribution < 1.29 is 18.3 Å². The standard InChI is InChI=1S/C16H15F3OS/c17-16(18,19)11-4-1-3-10(9-11)15(20)13-5-2-6-14-12(13)7-8-21-14/h1,3-4,7-9,13,15,20H,2,5-6H2. The zero-order valence-electron chi connectivity index (χ0n) is 11.2. The van der Waals surface area contributed by atoms with Crippen molar-refractivity contribution in [2.75, 3.05) is 0 Å². The van der Waals surface area contributed by atoms with Crippen molar-refractivity contribution in [3.63, 3.8) is 0 Å². The van der Waals surface area contributed by atoms with Crippen LogP contribution >= 0.6 is 11.3 Å². The molecule has 1 aliphatic rings. The van der Waals surface area contributed by atoms with E-state index in [4.69, 9.17) is 0 Å². The van der Waals surface area contributed by atoms with E-state index in [1.165, 1.54) is 10.9 Å². The highest BCUT2D eigenvalue weighted by molar-refractivity contribution is 7.10. The summed E-state index contributed by atoms with van der Waals surface area (Å²) in [5, 5.41) is 12.5. The van der Waals surface area contributed by atoms with Crippen LogP contribution in [0.15, 0.2) is 35.7 Å². The van der Waals surface area contributed by atoms with Crippen LogP contribution in [-0.4, -0.2) is 5.11 Å². The Hall–Kier alpha value is -1.33. The minimum absolute atomic E-state index is 0.108. The number of alkyl halides is 3. The zero-order valence-corrected chi connectivity index (χ0v) is 12.0. The third kappa shape index (κ3) is 2.85. The maximum Gasteiger partial charge on any atom is 0.416 e. The van der Waals surface area contributed by atoms with Crippen molar-refractivity contribution in [3.8, 4) is 0 Å². The summed E-state index contributed by atoms with van der Waals surface area (Å²) in [4.78, 5) is 1.25. The second kappa shape index (κ2) is 5.46. The summed E-state index contributed by atoms with van der Waals surface area (Å²) in [6.45, 7) is 0. The molecule has 2 aromatic rings. The SMILES string of the molecule is OC(c1cccc(C(F)(F)F)c1)C1CCCc2sccc21. The van der Waals surface area contributed by atoms with Gasteiger partial charge in [-0.3, -0.25) is 0 Å². The number of halogens is 3. The van der Waals surface area contributed by atoms with E-state index in [1.54, 1.807) is 17.4 Å². The highest BCUT2D eigenvalue weighted by Gasteiger charge is 2.33. The molecule has 1 heterocycles. The number of benzene rings is 1. The Balaban J connectivity index is 1.92. The quantitative estimate of drug-likeness (QED) is 0.834. The van der Waals surface area contributed by atoms with Gasteiger partial charge in [-0.1, -0.05) is 12.1 Å². The Labute approximate surface area is 125 Å². The van der Waals surface area contributed by atoms with Crippen LogP contribution in [0.3, 0.4) is 0 Å². The van der Waals surface area contributed by atoms with Crippen LogP contribution in [0.5, 0.6) is 0 Å². The summed E-state index contributed by atoms with van der Waals surface area (Å²) < 4.78 is 38.3. The number of hydrogen-bond donors (Lipinski definition) is 1. The predicted molar refractivity (Wildman–Crippen MR) is 76.4 cm³/mol. The van der Waals surface area contributed by atoms with Crippen LogP contribution in [0.25, 0.3) is 0 Å². The molecule has 112 valence electrons. The van der Waals surface area contributed by atoms with Gasteiger partial charge in [-0.2, -0.15) is 13.2 Å². The van der Waals surface area contributed by atoms with E-state index in [9.17, 15) is 18.3 Å². The minimum Gasteiger partial charge on any atom is -0.388 e. The van der Waals surface area contributed by atoms with Crippen molar-refractivity contribution in [2.45, 2.75) is 37.5 Å². The van der Waals surface area contributed by atoms with Gasteiger partial charge in [-0.15, -0.1) is 11.3 Å². The fraction of sp³-hybridized carbons (Fsp3) is 0.375. The van der Waals surface area contributed by atoms with E-state index in [0.29, 0.717) is 5.56 Å². The Morgan fingerprint density at radius 2 is 2.05 bits per heavy atom. The number of hydrogen-bond acceptors (Lipinski definition) is 2. The van der Waals surface area contributed by atoms with Gasteiger partial charge in [-0.25, -0.2) is 0 Å². The molecule has 2 unspecified atom stereocenters. The first-order valence-corrected chi connectivity index (χ1v) is 7.76. The van der Waals surface area contributed by atoms with Crippen LogP contribution in [-0.2, 0) is 12.6 Å². The second-order valence-corrected chi connectivity index (χ2v) is 6.37. The van der Waals surface area contributed by atoms with E-state index in [2.05, 4.69) is 0 Å². The third-order valence-corrected chi connectivity index (χ3v) is 5.03. The summed E-state index contributed by atoms with van der Waals surface area (Å²) in [5.41, 5.74) is 0.727. The Morgan fingerprint density at radius 1 is 1.24 bits per heavy atom. The van der Waals surface area contributed by atoms with Crippen molar-refractivity contribution in [1.29, 1.82) is 0 Å². The molecule has 0 amide bonds. The second-order valence-electron chi connectivity index (χ2n) is 5.37. The van der Waals surface area contributed by atoms with Gasteiger partial charge in [0.25, 0.3) is 0 Å². The lowest BCUT2D eigenvalue weighted by Crippen LogP contribution is -2.16. The Kier molecular flexibility index (Phi) is 3.80. The lowest BCUT2D eigenvalue weighted by atomic mass is 9.81. The molecule has 1 aliphatic carbocycles. The van der Waals surface area contributed by atoms with Crippen molar-refractivity contribution in [2.24, 2.45) is 0 Å². The first kappa shape index (κ1) is 14.6. The van der Waals surface area contributed by atoms with Crippen LogP contribution in [0.1, 0.15) is 46.4 Å². The zero-order chi connectivity index (χ0) is 15.0. The van der Waals surface area contributed by atoms with Gasteiger partial charge in [0.1, 0.15) is 0 Å². The van der Waals surface area contributed by atoms with Gasteiger partial charge in [0.2, 0.25) is 0 Å². The van der Waals surface area contributed by atoms with E-state index >= 15 is 0 Å². The fourth-order valence-corrected chi connectivity index (χ4v) is 3.98. The number of aliphatic hydroxyl groups is 1. The molecule has 0 fully saturated rings. The first-order chi connectivity index (χ1) is 9.97. The van der Waals surface area contributed by atoms with Crippen molar-refractivity contribution >= 4 is 11.3 Å². The topological polar surface area (TPSA) is 20.2 Å². The summed E-state index contributed by atoms with van der Waals surface area (Å²) in [5.74, 6) is -0.108. The van der Waals surface area contributed by atoms with Crippen molar-refractivity contribution in [1.82, 2.24) is 0 Å². The molecule has 1 N–H and O–H groups in total. The van der Waals surface area contributed by atoms with Gasteiger partial charge < -0.3 is 5.11 Å². The van der Waals surface area contributed by atoms with Gasteiger partial charge in [0.15, 0.2) is 0 Å². The monoisotopic (exact) mass is 312 g/mol. The van der Waals surface area contributed by atoms with Crippen molar-refractivity contribution in [3.05, 3.63) is 57.3 Å². The molecule has 21 heavy (non-hydrogen) atoms. The molecule has 1 nitrogen and oxygen atoms in total. The van der Waals surface area contributed by atoms with E-state index in [0.717, 1.165) is 37.0 Å². The van der Waals surface area contributed by atoms with Gasteiger partial charge in [0.05, 0.1) is 11.7 Å². The lowest BCUT2D eigenvalue weighted by Gasteiger charge is -2.28. The molecule has 0 spiro atoms. The first-order valence-electron chi connectivity index (χ1n) is 6.88.